The number of nitrogens with zero attached hydrogens (tertiary/aromatic N) is 4. The number of aromatic nitrogens is 4. The number of morpholine rings is 1. The van der Waals surface area contributed by atoms with E-state index in [0.29, 0.717) is 23.6 Å². The molecule has 0 radical (unpaired) electrons. The molecule has 0 aliphatic carbocycles. The number of pyridine rings is 1. The van der Waals surface area contributed by atoms with Crippen LogP contribution in [0.2, 0.25) is 0 Å². The Labute approximate surface area is 285 Å². The zero-order chi connectivity index (χ0) is 35.5. The highest BCUT2D eigenvalue weighted by Gasteiger charge is 2.24. The first-order valence-electron chi connectivity index (χ1n) is 15.4. The average molecular weight is 713 g/mol. The molecule has 16 heteroatoms. The second-order valence-corrected chi connectivity index (χ2v) is 15.5. The van der Waals surface area contributed by atoms with Gasteiger partial charge in [-0.2, -0.15) is 13.5 Å². The summed E-state index contributed by atoms with van der Waals surface area (Å²) in [6.45, 7) is 10.2. The minimum Gasteiger partial charge on any atom is -0.480 e. The molecule has 0 saturated carbocycles. The van der Waals surface area contributed by atoms with E-state index in [1.165, 1.54) is 7.11 Å². The number of rotatable bonds is 9. The van der Waals surface area contributed by atoms with Crippen molar-refractivity contribution in [2.24, 2.45) is 0 Å². The van der Waals surface area contributed by atoms with E-state index in [-0.39, 0.29) is 29.5 Å². The van der Waals surface area contributed by atoms with Gasteiger partial charge in [0, 0.05) is 35.8 Å². The number of benzene rings is 2. The quantitative estimate of drug-likeness (QED) is 0.175. The number of methoxy groups -OCH3 is 1. The van der Waals surface area contributed by atoms with Gasteiger partial charge in [0.15, 0.2) is 0 Å². The van der Waals surface area contributed by atoms with Crippen molar-refractivity contribution >= 4 is 36.7 Å². The average Bonchev–Trinajstić information content (AvgIpc) is 3.64. The Morgan fingerprint density at radius 2 is 1.65 bits per heavy atom. The van der Waals surface area contributed by atoms with Crippen LogP contribution in [0.1, 0.15) is 36.3 Å². The van der Waals surface area contributed by atoms with Crippen LogP contribution >= 0.6 is 0 Å². The largest absolute Gasteiger partial charge is 0.480 e. The minimum atomic E-state index is -3.91. The molecule has 1 fully saturated rings. The maximum absolute atomic E-state index is 11.8. The zero-order valence-corrected chi connectivity index (χ0v) is 29.7. The SMILES string of the molecule is COc1ncc(-c2cc(-c3ncc(CN4C[C@@H](C)O[C@@H](C)C4)o3)c3cn[nH]c3c2)cc1NS(C)(=O)=O.Cc1cc(C)cc(CS(=O)(=O)O)c1. The fraction of sp³-hybridized carbons (Fsp3) is 0.364. The van der Waals surface area contributed by atoms with Gasteiger partial charge < -0.3 is 13.9 Å². The Morgan fingerprint density at radius 1 is 0.959 bits per heavy atom. The van der Waals surface area contributed by atoms with E-state index in [1.807, 2.05) is 32.0 Å². The number of ether oxygens (including phenoxy) is 2. The second-order valence-electron chi connectivity index (χ2n) is 12.3. The molecule has 2 aromatic carbocycles. The Morgan fingerprint density at radius 3 is 2.29 bits per heavy atom. The molecule has 262 valence electrons. The van der Waals surface area contributed by atoms with Gasteiger partial charge >= 0.3 is 0 Å². The number of fused-ring (bicyclic) bond motifs is 1. The number of H-pyrrole nitrogens is 1. The molecular weight excluding hydrogens is 673 g/mol. The smallest absolute Gasteiger partial charge is 0.269 e. The lowest BCUT2D eigenvalue weighted by Crippen LogP contribution is -2.44. The first kappa shape index (κ1) is 35.9. The van der Waals surface area contributed by atoms with Crippen LogP contribution in [0.4, 0.5) is 5.69 Å². The lowest BCUT2D eigenvalue weighted by Gasteiger charge is -2.34. The molecule has 6 rings (SSSR count). The fourth-order valence-electron chi connectivity index (χ4n) is 5.94. The lowest BCUT2D eigenvalue weighted by molar-refractivity contribution is -0.0718. The predicted octanol–water partition coefficient (Wildman–Crippen LogP) is 4.96. The summed E-state index contributed by atoms with van der Waals surface area (Å²) < 4.78 is 73.1. The van der Waals surface area contributed by atoms with Gasteiger partial charge in [-0.05, 0) is 57.0 Å². The van der Waals surface area contributed by atoms with Crippen LogP contribution in [0.5, 0.6) is 5.88 Å². The van der Waals surface area contributed by atoms with Crippen molar-refractivity contribution in [3.05, 3.63) is 77.4 Å². The minimum absolute atomic E-state index is 0.165. The first-order chi connectivity index (χ1) is 23.0. The number of anilines is 1. The summed E-state index contributed by atoms with van der Waals surface area (Å²) in [5, 5.41) is 8.05. The standard InChI is InChI=1S/C24H28N6O5S.C9H12O3S/c1-14-11-30(12-15(2)34-14)13-18-9-26-23(35-18)19-5-16(6-21-20(19)10-27-28-21)17-7-22(29-36(4,31)32)24(33-3)25-8-17;1-7-3-8(2)5-9(4-7)6-13(10,11)12/h5-10,14-15,29H,11-13H2,1-4H3,(H,27,28);3-5H,6H2,1-2H3,(H,10,11,12)/t14-,15+;. The van der Waals surface area contributed by atoms with E-state index < -0.39 is 20.1 Å². The summed E-state index contributed by atoms with van der Waals surface area (Å²) >= 11 is 0. The molecule has 1 aliphatic rings. The summed E-state index contributed by atoms with van der Waals surface area (Å²) in [5.74, 6) is 1.11. The highest BCUT2D eigenvalue weighted by atomic mass is 32.2. The van der Waals surface area contributed by atoms with Gasteiger partial charge in [-0.15, -0.1) is 0 Å². The normalized spacial score (nSPS) is 17.0. The van der Waals surface area contributed by atoms with Crippen molar-refractivity contribution in [1.82, 2.24) is 25.1 Å². The topological polar surface area (TPSA) is 190 Å². The van der Waals surface area contributed by atoms with Gasteiger partial charge in [0.05, 0.1) is 50.0 Å². The summed E-state index contributed by atoms with van der Waals surface area (Å²) in [6, 6.07) is 11.0. The van der Waals surface area contributed by atoms with E-state index in [0.717, 1.165) is 58.3 Å². The summed E-state index contributed by atoms with van der Waals surface area (Å²) in [5.41, 5.74) is 5.88. The molecule has 0 bridgehead atoms. The van der Waals surface area contributed by atoms with Gasteiger partial charge in [-0.1, -0.05) is 29.3 Å². The monoisotopic (exact) mass is 712 g/mol. The van der Waals surface area contributed by atoms with Crippen molar-refractivity contribution in [2.75, 3.05) is 31.2 Å². The Bertz CT molecular complexity index is 2130. The van der Waals surface area contributed by atoms with Crippen molar-refractivity contribution < 1.29 is 35.3 Å². The van der Waals surface area contributed by atoms with Gasteiger partial charge in [0.25, 0.3) is 10.1 Å². The highest BCUT2D eigenvalue weighted by molar-refractivity contribution is 7.92. The van der Waals surface area contributed by atoms with Crippen LogP contribution in [0.15, 0.2) is 59.4 Å². The molecule has 0 spiro atoms. The molecule has 1 aliphatic heterocycles. The number of aryl methyl sites for hydroxylation is 2. The van der Waals surface area contributed by atoms with Crippen LogP contribution in [0.25, 0.3) is 33.5 Å². The van der Waals surface area contributed by atoms with Crippen molar-refractivity contribution in [1.29, 1.82) is 0 Å². The first-order valence-corrected chi connectivity index (χ1v) is 18.9. The maximum Gasteiger partial charge on any atom is 0.269 e. The molecule has 3 N–H and O–H groups in total. The van der Waals surface area contributed by atoms with Gasteiger partial charge in [-0.3, -0.25) is 19.3 Å². The Hall–Kier alpha value is -4.35. The van der Waals surface area contributed by atoms with Gasteiger partial charge in [-0.25, -0.2) is 18.4 Å². The molecular formula is C33H40N6O8S2. The molecule has 4 heterocycles. The van der Waals surface area contributed by atoms with Crippen LogP contribution < -0.4 is 9.46 Å². The fourth-order valence-corrected chi connectivity index (χ4v) is 7.08. The van der Waals surface area contributed by atoms with Gasteiger partial charge in [0.1, 0.15) is 17.2 Å². The highest BCUT2D eigenvalue weighted by Crippen LogP contribution is 2.35. The number of nitrogens with one attached hydrogen (secondary N) is 2. The summed E-state index contributed by atoms with van der Waals surface area (Å²) in [4.78, 5) is 11.1. The van der Waals surface area contributed by atoms with Crippen molar-refractivity contribution in [3.8, 4) is 28.5 Å². The molecule has 2 atom stereocenters. The molecule has 49 heavy (non-hydrogen) atoms. The van der Waals surface area contributed by atoms with Crippen molar-refractivity contribution in [3.63, 3.8) is 0 Å². The molecule has 1 saturated heterocycles. The van der Waals surface area contributed by atoms with Crippen molar-refractivity contribution in [2.45, 2.75) is 52.2 Å². The third-order valence-electron chi connectivity index (χ3n) is 7.52. The molecule has 5 aromatic rings. The van der Waals surface area contributed by atoms with Crippen LogP contribution in [0, 0.1) is 13.8 Å². The predicted molar refractivity (Wildman–Crippen MR) is 186 cm³/mol. The van der Waals surface area contributed by atoms with E-state index in [2.05, 4.69) is 43.6 Å². The van der Waals surface area contributed by atoms with E-state index >= 15 is 0 Å². The summed E-state index contributed by atoms with van der Waals surface area (Å²) in [7, 11) is -6.00. The van der Waals surface area contributed by atoms with E-state index in [9.17, 15) is 16.8 Å². The summed E-state index contributed by atoms with van der Waals surface area (Å²) in [6.07, 6.45) is 6.51. The molecule has 0 unspecified atom stereocenters. The van der Waals surface area contributed by atoms with Crippen LogP contribution in [-0.4, -0.2) is 85.1 Å². The van der Waals surface area contributed by atoms with Gasteiger partial charge in [0.2, 0.25) is 21.8 Å². The zero-order valence-electron chi connectivity index (χ0n) is 28.1. The van der Waals surface area contributed by atoms with E-state index in [4.69, 9.17) is 18.4 Å². The second kappa shape index (κ2) is 14.6. The number of oxazole rings is 1. The van der Waals surface area contributed by atoms with E-state index in [1.54, 1.807) is 36.8 Å². The number of sulfonamides is 1. The maximum atomic E-state index is 11.8. The molecule has 14 nitrogen and oxygen atoms in total. The van der Waals surface area contributed by atoms with Crippen LogP contribution in [-0.2, 0) is 37.2 Å². The Balaban J connectivity index is 0.000000304. The lowest BCUT2D eigenvalue weighted by atomic mass is 10.0. The third-order valence-corrected chi connectivity index (χ3v) is 8.81. The number of hydrogen-bond donors (Lipinski definition) is 3. The number of aromatic amines is 1. The Kier molecular flexibility index (Phi) is 10.7. The third kappa shape index (κ3) is 9.86. The molecule has 0 amide bonds. The molecule has 3 aromatic heterocycles. The number of hydrogen-bond acceptors (Lipinski definition) is 11. The van der Waals surface area contributed by atoms with Crippen LogP contribution in [0.3, 0.4) is 0 Å².